The molecular formula is C20H27Cl2N3O. The first-order valence-electron chi connectivity index (χ1n) is 8.88. The first-order valence-corrected chi connectivity index (χ1v) is 9.26. The third-order valence-electron chi connectivity index (χ3n) is 5.23. The maximum Gasteiger partial charge on any atom is 0.255 e. The van der Waals surface area contributed by atoms with Crippen molar-refractivity contribution in [2.75, 3.05) is 13.1 Å². The quantitative estimate of drug-likeness (QED) is 0.838. The topological polar surface area (TPSA) is 51.3 Å². The van der Waals surface area contributed by atoms with Crippen LogP contribution in [0.1, 0.15) is 41.5 Å². The molecule has 0 spiro atoms. The zero-order valence-electron chi connectivity index (χ0n) is 15.5. The van der Waals surface area contributed by atoms with E-state index in [1.807, 2.05) is 56.0 Å². The van der Waals surface area contributed by atoms with Gasteiger partial charge in [0.15, 0.2) is 0 Å². The monoisotopic (exact) mass is 395 g/mol. The summed E-state index contributed by atoms with van der Waals surface area (Å²) in [6.07, 6.45) is 2.12. The molecular weight excluding hydrogens is 369 g/mol. The van der Waals surface area contributed by atoms with E-state index in [0.29, 0.717) is 10.9 Å². The molecule has 0 saturated carbocycles. The van der Waals surface area contributed by atoms with E-state index < -0.39 is 0 Å². The number of carbonyl (C=O) groups excluding carboxylic acids is 1. The molecule has 1 fully saturated rings. The van der Waals surface area contributed by atoms with Gasteiger partial charge in [-0.2, -0.15) is 0 Å². The second-order valence-electron chi connectivity index (χ2n) is 7.11. The number of halogens is 2. The van der Waals surface area contributed by atoms with Crippen molar-refractivity contribution in [3.05, 3.63) is 52.3 Å². The van der Waals surface area contributed by atoms with Gasteiger partial charge in [-0.3, -0.25) is 4.79 Å². The highest BCUT2D eigenvalue weighted by molar-refractivity contribution is 6.30. The van der Waals surface area contributed by atoms with Crippen LogP contribution in [-0.2, 0) is 0 Å². The smallest absolute Gasteiger partial charge is 0.255 e. The second-order valence-corrected chi connectivity index (χ2v) is 7.55. The van der Waals surface area contributed by atoms with E-state index in [1.54, 1.807) is 0 Å². The molecule has 0 radical (unpaired) electrons. The van der Waals surface area contributed by atoms with Crippen molar-refractivity contribution in [1.29, 1.82) is 0 Å². The summed E-state index contributed by atoms with van der Waals surface area (Å²) in [6.45, 7) is 7.63. The van der Waals surface area contributed by atoms with Crippen LogP contribution >= 0.6 is 24.0 Å². The third-order valence-corrected chi connectivity index (χ3v) is 5.49. The minimum absolute atomic E-state index is 0. The van der Waals surface area contributed by atoms with Gasteiger partial charge in [0.25, 0.3) is 5.91 Å². The minimum Gasteiger partial charge on any atom is -0.338 e. The van der Waals surface area contributed by atoms with Crippen molar-refractivity contribution in [3.8, 4) is 5.69 Å². The predicted octanol–water partition coefficient (Wildman–Crippen LogP) is 4.37. The molecule has 1 aliphatic rings. The molecule has 2 unspecified atom stereocenters. The van der Waals surface area contributed by atoms with Gasteiger partial charge in [-0.1, -0.05) is 11.6 Å². The van der Waals surface area contributed by atoms with Crippen LogP contribution in [0.25, 0.3) is 5.69 Å². The number of aryl methyl sites for hydroxylation is 1. The van der Waals surface area contributed by atoms with Gasteiger partial charge in [0.05, 0.1) is 5.56 Å². The molecule has 26 heavy (non-hydrogen) atoms. The molecule has 0 bridgehead atoms. The van der Waals surface area contributed by atoms with Crippen LogP contribution in [0.5, 0.6) is 0 Å². The Bertz CT molecular complexity index is 768. The molecule has 2 N–H and O–H groups in total. The average molecular weight is 396 g/mol. The summed E-state index contributed by atoms with van der Waals surface area (Å²) >= 11 is 5.99. The lowest BCUT2D eigenvalue weighted by Gasteiger charge is -2.34. The van der Waals surface area contributed by atoms with E-state index in [4.69, 9.17) is 17.3 Å². The Kier molecular flexibility index (Phi) is 6.78. The Morgan fingerprint density at radius 1 is 1.27 bits per heavy atom. The molecule has 4 nitrogen and oxygen atoms in total. The molecule has 1 aromatic heterocycles. The Morgan fingerprint density at radius 2 is 1.92 bits per heavy atom. The number of piperidine rings is 1. The summed E-state index contributed by atoms with van der Waals surface area (Å²) < 4.78 is 2.11. The van der Waals surface area contributed by atoms with Gasteiger partial charge in [-0.05, 0) is 69.9 Å². The van der Waals surface area contributed by atoms with Gasteiger partial charge in [0.1, 0.15) is 0 Å². The fraction of sp³-hybridized carbons (Fsp3) is 0.450. The summed E-state index contributed by atoms with van der Waals surface area (Å²) in [7, 11) is 0. The molecule has 2 aromatic rings. The zero-order chi connectivity index (χ0) is 18.1. The minimum atomic E-state index is 0. The van der Waals surface area contributed by atoms with Crippen molar-refractivity contribution < 1.29 is 4.79 Å². The highest BCUT2D eigenvalue weighted by atomic mass is 35.5. The standard InChI is InChI=1S/C20H26ClN3O.ClH/c1-13-11-19(15(3)24(13)18-8-6-17(21)7-9-18)20(25)23-10-4-5-16(12-23)14(2)22;/h6-9,11,14,16H,4-5,10,12,22H2,1-3H3;1H. The van der Waals surface area contributed by atoms with E-state index in [2.05, 4.69) is 4.57 Å². The van der Waals surface area contributed by atoms with Crippen LogP contribution < -0.4 is 5.73 Å². The van der Waals surface area contributed by atoms with Crippen LogP contribution in [0.3, 0.4) is 0 Å². The Balaban J connectivity index is 0.00000243. The molecule has 142 valence electrons. The molecule has 1 saturated heterocycles. The second kappa shape index (κ2) is 8.47. The molecule has 0 aliphatic carbocycles. The van der Waals surface area contributed by atoms with Gasteiger partial charge >= 0.3 is 0 Å². The lowest BCUT2D eigenvalue weighted by molar-refractivity contribution is 0.0660. The summed E-state index contributed by atoms with van der Waals surface area (Å²) in [5.41, 5.74) is 9.87. The summed E-state index contributed by atoms with van der Waals surface area (Å²) in [5, 5.41) is 0.706. The number of nitrogens with zero attached hydrogens (tertiary/aromatic N) is 2. The first-order chi connectivity index (χ1) is 11.9. The van der Waals surface area contributed by atoms with E-state index >= 15 is 0 Å². The van der Waals surface area contributed by atoms with E-state index in [1.165, 1.54) is 0 Å². The van der Waals surface area contributed by atoms with Crippen LogP contribution in [0.15, 0.2) is 30.3 Å². The van der Waals surface area contributed by atoms with Gasteiger partial charge in [0, 0.05) is 41.2 Å². The number of rotatable bonds is 3. The maximum atomic E-state index is 13.1. The number of hydrogen-bond donors (Lipinski definition) is 1. The average Bonchev–Trinajstić information content (AvgIpc) is 2.90. The lowest BCUT2D eigenvalue weighted by atomic mass is 9.92. The number of hydrogen-bond acceptors (Lipinski definition) is 2. The Morgan fingerprint density at radius 3 is 2.54 bits per heavy atom. The summed E-state index contributed by atoms with van der Waals surface area (Å²) in [5.74, 6) is 0.496. The lowest BCUT2D eigenvalue weighted by Crippen LogP contribution is -2.45. The SMILES string of the molecule is Cc1cc(C(=O)N2CCCC(C(C)N)C2)c(C)n1-c1ccc(Cl)cc1.Cl. The van der Waals surface area contributed by atoms with E-state index in [-0.39, 0.29) is 24.4 Å². The fourth-order valence-corrected chi connectivity index (χ4v) is 3.89. The van der Waals surface area contributed by atoms with Crippen molar-refractivity contribution in [1.82, 2.24) is 9.47 Å². The highest BCUT2D eigenvalue weighted by Gasteiger charge is 2.28. The van der Waals surface area contributed by atoms with E-state index in [9.17, 15) is 4.79 Å². The van der Waals surface area contributed by atoms with Crippen LogP contribution in [0.4, 0.5) is 0 Å². The largest absolute Gasteiger partial charge is 0.338 e. The third kappa shape index (κ3) is 4.08. The van der Waals surface area contributed by atoms with Gasteiger partial charge in [-0.15, -0.1) is 12.4 Å². The highest BCUT2D eigenvalue weighted by Crippen LogP contribution is 2.26. The number of likely N-dealkylation sites (tertiary alicyclic amines) is 1. The molecule has 2 atom stereocenters. The molecule has 1 aromatic carbocycles. The number of carbonyl (C=O) groups is 1. The summed E-state index contributed by atoms with van der Waals surface area (Å²) in [4.78, 5) is 15.1. The number of amides is 1. The van der Waals surface area contributed by atoms with Crippen LogP contribution in [0.2, 0.25) is 5.02 Å². The van der Waals surface area contributed by atoms with Gasteiger partial charge in [-0.25, -0.2) is 0 Å². The van der Waals surface area contributed by atoms with Crippen LogP contribution in [-0.4, -0.2) is 34.5 Å². The van der Waals surface area contributed by atoms with Crippen molar-refractivity contribution in [3.63, 3.8) is 0 Å². The number of aromatic nitrogens is 1. The Labute approximate surface area is 166 Å². The number of benzene rings is 1. The van der Waals surface area contributed by atoms with E-state index in [0.717, 1.165) is 48.6 Å². The molecule has 3 rings (SSSR count). The van der Waals surface area contributed by atoms with Crippen LogP contribution in [0, 0.1) is 19.8 Å². The van der Waals surface area contributed by atoms with Crippen molar-refractivity contribution in [2.45, 2.75) is 39.7 Å². The Hall–Kier alpha value is -1.49. The van der Waals surface area contributed by atoms with Gasteiger partial charge in [0.2, 0.25) is 0 Å². The van der Waals surface area contributed by atoms with Crippen molar-refractivity contribution in [2.24, 2.45) is 11.7 Å². The summed E-state index contributed by atoms with van der Waals surface area (Å²) in [6, 6.07) is 9.80. The van der Waals surface area contributed by atoms with Gasteiger partial charge < -0.3 is 15.2 Å². The first kappa shape index (κ1) is 20.8. The van der Waals surface area contributed by atoms with Crippen molar-refractivity contribution >= 4 is 29.9 Å². The zero-order valence-corrected chi connectivity index (χ0v) is 17.1. The normalized spacial score (nSPS) is 18.3. The predicted molar refractivity (Wildman–Crippen MR) is 110 cm³/mol. The molecule has 6 heteroatoms. The maximum absolute atomic E-state index is 13.1. The number of nitrogens with two attached hydrogens (primary N) is 1. The molecule has 2 heterocycles. The fourth-order valence-electron chi connectivity index (χ4n) is 3.76. The molecule has 1 aliphatic heterocycles. The molecule has 1 amide bonds.